The van der Waals surface area contributed by atoms with Gasteiger partial charge in [-0.1, -0.05) is 19.4 Å². The maximum atomic E-state index is 12.5. The van der Waals surface area contributed by atoms with Crippen LogP contribution in [-0.4, -0.2) is 22.4 Å². The number of piperidine rings is 1. The van der Waals surface area contributed by atoms with Gasteiger partial charge in [0.2, 0.25) is 5.91 Å². The monoisotopic (exact) mass is 233 g/mol. The SMILES string of the molecule is C=CC[C@H]1CCC[C@@]23CCC[C@@H]2[C@@H](C)C(=O)N13. The molecule has 2 heteroatoms. The first kappa shape index (κ1) is 11.3. The van der Waals surface area contributed by atoms with E-state index in [-0.39, 0.29) is 11.5 Å². The molecule has 2 heterocycles. The lowest BCUT2D eigenvalue weighted by molar-refractivity contribution is -0.138. The summed E-state index contributed by atoms with van der Waals surface area (Å²) in [5.74, 6) is 1.34. The molecular weight excluding hydrogens is 210 g/mol. The normalized spacial score (nSPS) is 44.6. The molecule has 0 radical (unpaired) electrons. The van der Waals surface area contributed by atoms with Crippen molar-refractivity contribution in [1.29, 1.82) is 0 Å². The van der Waals surface area contributed by atoms with Crippen molar-refractivity contribution >= 4 is 5.91 Å². The Hall–Kier alpha value is -0.790. The first-order valence-electron chi connectivity index (χ1n) is 7.15. The van der Waals surface area contributed by atoms with E-state index in [1.54, 1.807) is 0 Å². The summed E-state index contributed by atoms with van der Waals surface area (Å²) in [5.41, 5.74) is 0.252. The van der Waals surface area contributed by atoms with Crippen LogP contribution in [0.1, 0.15) is 51.9 Å². The second kappa shape index (κ2) is 3.86. The van der Waals surface area contributed by atoms with E-state index in [2.05, 4.69) is 18.4 Å². The number of nitrogens with zero attached hydrogens (tertiary/aromatic N) is 1. The van der Waals surface area contributed by atoms with Crippen LogP contribution in [0.5, 0.6) is 0 Å². The fraction of sp³-hybridized carbons (Fsp3) is 0.800. The lowest BCUT2D eigenvalue weighted by atomic mass is 9.76. The Morgan fingerprint density at radius 1 is 1.41 bits per heavy atom. The van der Waals surface area contributed by atoms with E-state index in [0.717, 1.165) is 6.42 Å². The molecule has 3 aliphatic rings. The van der Waals surface area contributed by atoms with Gasteiger partial charge in [0.25, 0.3) is 0 Å². The topological polar surface area (TPSA) is 20.3 Å². The molecule has 0 aromatic rings. The average Bonchev–Trinajstić information content (AvgIpc) is 2.79. The first-order valence-corrected chi connectivity index (χ1v) is 7.15. The lowest BCUT2D eigenvalue weighted by Gasteiger charge is -2.47. The van der Waals surface area contributed by atoms with Gasteiger partial charge in [0.05, 0.1) is 0 Å². The third-order valence-electron chi connectivity index (χ3n) is 5.48. The quantitative estimate of drug-likeness (QED) is 0.671. The Kier molecular flexibility index (Phi) is 2.57. The second-order valence-electron chi connectivity index (χ2n) is 6.17. The molecule has 0 aromatic carbocycles. The van der Waals surface area contributed by atoms with Crippen molar-refractivity contribution in [3.63, 3.8) is 0 Å². The zero-order chi connectivity index (χ0) is 12.0. The summed E-state index contributed by atoms with van der Waals surface area (Å²) in [6.45, 7) is 6.01. The van der Waals surface area contributed by atoms with Crippen LogP contribution in [0.4, 0.5) is 0 Å². The van der Waals surface area contributed by atoms with Gasteiger partial charge in [-0.15, -0.1) is 6.58 Å². The van der Waals surface area contributed by atoms with Crippen molar-refractivity contribution in [1.82, 2.24) is 4.90 Å². The summed E-state index contributed by atoms with van der Waals surface area (Å²) >= 11 is 0. The van der Waals surface area contributed by atoms with E-state index in [1.165, 1.54) is 38.5 Å². The largest absolute Gasteiger partial charge is 0.333 e. The van der Waals surface area contributed by atoms with Crippen LogP contribution in [0.2, 0.25) is 0 Å². The van der Waals surface area contributed by atoms with Crippen molar-refractivity contribution < 1.29 is 4.79 Å². The van der Waals surface area contributed by atoms with Gasteiger partial charge in [-0.25, -0.2) is 0 Å². The average molecular weight is 233 g/mol. The van der Waals surface area contributed by atoms with Crippen LogP contribution in [0.15, 0.2) is 12.7 Å². The van der Waals surface area contributed by atoms with Crippen LogP contribution in [-0.2, 0) is 4.79 Å². The van der Waals surface area contributed by atoms with E-state index in [0.29, 0.717) is 17.9 Å². The molecule has 0 bridgehead atoms. The van der Waals surface area contributed by atoms with E-state index >= 15 is 0 Å². The van der Waals surface area contributed by atoms with Gasteiger partial charge in [0, 0.05) is 17.5 Å². The van der Waals surface area contributed by atoms with Gasteiger partial charge in [0.15, 0.2) is 0 Å². The van der Waals surface area contributed by atoms with Crippen LogP contribution >= 0.6 is 0 Å². The summed E-state index contributed by atoms with van der Waals surface area (Å²) in [6.07, 6.45) is 10.5. The summed E-state index contributed by atoms with van der Waals surface area (Å²) in [6, 6.07) is 0.444. The van der Waals surface area contributed by atoms with Crippen molar-refractivity contribution in [2.24, 2.45) is 11.8 Å². The highest BCUT2D eigenvalue weighted by molar-refractivity contribution is 5.83. The number of carbonyl (C=O) groups excluding carboxylic acids is 1. The van der Waals surface area contributed by atoms with Crippen molar-refractivity contribution in [3.05, 3.63) is 12.7 Å². The predicted octanol–water partition coefficient (Wildman–Crippen LogP) is 3.13. The standard InChI is InChI=1S/C15H23NO/c1-3-6-12-7-4-9-15-10-5-8-13(15)11(2)14(17)16(12)15/h3,11-13H,1,4-10H2,2H3/t11-,12+,13-,15-/m1/s1. The minimum absolute atomic E-state index is 0.252. The molecule has 94 valence electrons. The van der Waals surface area contributed by atoms with Crippen molar-refractivity contribution in [2.75, 3.05) is 0 Å². The summed E-state index contributed by atoms with van der Waals surface area (Å²) in [7, 11) is 0. The van der Waals surface area contributed by atoms with Crippen molar-refractivity contribution in [2.45, 2.75) is 63.5 Å². The van der Waals surface area contributed by atoms with Gasteiger partial charge < -0.3 is 4.90 Å². The lowest BCUT2D eigenvalue weighted by Crippen LogP contribution is -2.54. The minimum atomic E-state index is 0.252. The van der Waals surface area contributed by atoms with Gasteiger partial charge in [-0.05, 0) is 44.4 Å². The molecule has 0 N–H and O–H groups in total. The maximum Gasteiger partial charge on any atom is 0.226 e. The molecule has 3 fully saturated rings. The van der Waals surface area contributed by atoms with E-state index in [9.17, 15) is 4.79 Å². The van der Waals surface area contributed by atoms with Gasteiger partial charge in [-0.3, -0.25) is 4.79 Å². The Morgan fingerprint density at radius 3 is 2.82 bits per heavy atom. The third-order valence-corrected chi connectivity index (χ3v) is 5.48. The van der Waals surface area contributed by atoms with Gasteiger partial charge in [0.1, 0.15) is 0 Å². The number of amides is 1. The first-order chi connectivity index (χ1) is 8.20. The number of rotatable bonds is 2. The third kappa shape index (κ3) is 1.36. The van der Waals surface area contributed by atoms with Crippen LogP contribution in [0.25, 0.3) is 0 Å². The number of hydrogen-bond acceptors (Lipinski definition) is 1. The Balaban J connectivity index is 1.98. The molecule has 4 atom stereocenters. The molecule has 2 saturated heterocycles. The highest BCUT2D eigenvalue weighted by Crippen LogP contribution is 2.56. The van der Waals surface area contributed by atoms with Crippen LogP contribution in [0.3, 0.4) is 0 Å². The highest BCUT2D eigenvalue weighted by atomic mass is 16.2. The molecule has 1 spiro atoms. The predicted molar refractivity (Wildman–Crippen MR) is 68.5 cm³/mol. The molecule has 1 aliphatic carbocycles. The van der Waals surface area contributed by atoms with Crippen LogP contribution in [0, 0.1) is 11.8 Å². The fourth-order valence-corrected chi connectivity index (χ4v) is 4.87. The maximum absolute atomic E-state index is 12.5. The van der Waals surface area contributed by atoms with Crippen LogP contribution < -0.4 is 0 Å². The van der Waals surface area contributed by atoms with E-state index in [4.69, 9.17) is 0 Å². The summed E-state index contributed by atoms with van der Waals surface area (Å²) in [4.78, 5) is 14.8. The Labute approximate surface area is 104 Å². The zero-order valence-corrected chi connectivity index (χ0v) is 10.8. The summed E-state index contributed by atoms with van der Waals surface area (Å²) in [5, 5.41) is 0. The summed E-state index contributed by atoms with van der Waals surface area (Å²) < 4.78 is 0. The minimum Gasteiger partial charge on any atom is -0.333 e. The number of hydrogen-bond donors (Lipinski definition) is 0. The fourth-order valence-electron chi connectivity index (χ4n) is 4.87. The Morgan fingerprint density at radius 2 is 2.12 bits per heavy atom. The molecular formula is C15H23NO. The zero-order valence-electron chi connectivity index (χ0n) is 10.8. The Bertz CT molecular complexity index is 351. The molecule has 0 aromatic heterocycles. The van der Waals surface area contributed by atoms with Gasteiger partial charge >= 0.3 is 0 Å². The molecule has 2 nitrogen and oxygen atoms in total. The molecule has 0 unspecified atom stereocenters. The molecule has 3 rings (SSSR count). The van der Waals surface area contributed by atoms with E-state index < -0.39 is 0 Å². The molecule has 2 aliphatic heterocycles. The smallest absolute Gasteiger partial charge is 0.226 e. The van der Waals surface area contributed by atoms with Gasteiger partial charge in [-0.2, -0.15) is 0 Å². The molecule has 1 amide bonds. The second-order valence-corrected chi connectivity index (χ2v) is 6.17. The number of carbonyl (C=O) groups is 1. The van der Waals surface area contributed by atoms with Crippen molar-refractivity contribution in [3.8, 4) is 0 Å². The molecule has 17 heavy (non-hydrogen) atoms. The highest BCUT2D eigenvalue weighted by Gasteiger charge is 2.60. The van der Waals surface area contributed by atoms with E-state index in [1.807, 2.05) is 6.08 Å². The molecule has 1 saturated carbocycles.